The highest BCUT2D eigenvalue weighted by atomic mass is 16.5. The van der Waals surface area contributed by atoms with Gasteiger partial charge in [-0.05, 0) is 29.8 Å². The highest BCUT2D eigenvalue weighted by Gasteiger charge is 2.23. The summed E-state index contributed by atoms with van der Waals surface area (Å²) in [6.07, 6.45) is 1.54. The minimum absolute atomic E-state index is 0.0639. The summed E-state index contributed by atoms with van der Waals surface area (Å²) >= 11 is 0. The minimum Gasteiger partial charge on any atom is -0.467 e. The largest absolute Gasteiger partial charge is 0.467 e. The lowest BCUT2D eigenvalue weighted by molar-refractivity contribution is 0.0475. The zero-order chi connectivity index (χ0) is 25.7. The van der Waals surface area contributed by atoms with Crippen LogP contribution in [0.5, 0.6) is 0 Å². The summed E-state index contributed by atoms with van der Waals surface area (Å²) in [6.45, 7) is -0.325. The van der Waals surface area contributed by atoms with Crippen molar-refractivity contribution in [1.82, 2.24) is 9.13 Å². The molecule has 184 valence electrons. The molecule has 0 saturated carbocycles. The van der Waals surface area contributed by atoms with Crippen molar-refractivity contribution in [2.75, 3.05) is 17.7 Å². The number of Topliss-reactive ketones (excluding diaryl/α,β-unsaturated/α-hetero) is 1. The Labute approximate surface area is 205 Å². The molecule has 0 spiro atoms. The van der Waals surface area contributed by atoms with Crippen LogP contribution in [-0.4, -0.2) is 27.5 Å². The fourth-order valence-electron chi connectivity index (χ4n) is 3.66. The van der Waals surface area contributed by atoms with E-state index in [2.05, 4.69) is 5.32 Å². The Bertz CT molecular complexity index is 1500. The topological polar surface area (TPSA) is 139 Å². The monoisotopic (exact) mass is 488 g/mol. The number of hydrogen-bond donors (Lipinski definition) is 2. The summed E-state index contributed by atoms with van der Waals surface area (Å²) in [7, 11) is 1.26. The number of hydrogen-bond acceptors (Lipinski definition) is 8. The Morgan fingerprint density at radius 1 is 1.00 bits per heavy atom. The maximum absolute atomic E-state index is 12.9. The predicted molar refractivity (Wildman–Crippen MR) is 133 cm³/mol. The molecule has 0 bridgehead atoms. The predicted octanol–water partition coefficient (Wildman–Crippen LogP) is 2.42. The summed E-state index contributed by atoms with van der Waals surface area (Å²) in [4.78, 5) is 51.1. The van der Waals surface area contributed by atoms with Crippen LogP contribution in [0.2, 0.25) is 0 Å². The fraction of sp³-hybridized carbons (Fsp3) is 0.154. The van der Waals surface area contributed by atoms with E-state index >= 15 is 0 Å². The molecule has 36 heavy (non-hydrogen) atoms. The number of benzene rings is 2. The van der Waals surface area contributed by atoms with E-state index in [1.807, 2.05) is 6.07 Å². The molecule has 10 heteroatoms. The van der Waals surface area contributed by atoms with Gasteiger partial charge in [0.15, 0.2) is 6.61 Å². The summed E-state index contributed by atoms with van der Waals surface area (Å²) in [5.41, 5.74) is 5.61. The highest BCUT2D eigenvalue weighted by Crippen LogP contribution is 2.18. The van der Waals surface area contributed by atoms with E-state index in [0.29, 0.717) is 18.0 Å². The molecule has 0 saturated heterocycles. The lowest BCUT2D eigenvalue weighted by Crippen LogP contribution is -2.43. The average molecular weight is 489 g/mol. The van der Waals surface area contributed by atoms with E-state index in [1.165, 1.54) is 7.05 Å². The first kappa shape index (κ1) is 24.3. The number of esters is 1. The molecule has 2 aromatic carbocycles. The quantitative estimate of drug-likeness (QED) is 0.271. The van der Waals surface area contributed by atoms with Gasteiger partial charge in [0.05, 0.1) is 24.9 Å². The SMILES string of the molecule is Cn1c(=O)c(C(=O)COC(=O)c2ccccc2NCc2ccco2)c(N)n(Cc2ccccc2)c1=O. The molecule has 3 N–H and O–H groups in total. The number of carbonyl (C=O) groups is 2. The molecule has 0 aliphatic rings. The van der Waals surface area contributed by atoms with Crippen molar-refractivity contribution in [2.45, 2.75) is 13.1 Å². The van der Waals surface area contributed by atoms with Gasteiger partial charge in [-0.2, -0.15) is 0 Å². The molecule has 0 fully saturated rings. The van der Waals surface area contributed by atoms with Gasteiger partial charge in [0.25, 0.3) is 5.56 Å². The van der Waals surface area contributed by atoms with Crippen molar-refractivity contribution in [3.8, 4) is 0 Å². The van der Waals surface area contributed by atoms with Gasteiger partial charge in [0.2, 0.25) is 5.78 Å². The molecule has 0 unspecified atom stereocenters. The molecular formula is C26H24N4O6. The number of aromatic nitrogens is 2. The standard InChI is InChI=1S/C26H24N4O6/c1-29-24(32)22(23(27)30(26(29)34)15-17-8-3-2-4-9-17)21(31)16-36-25(33)19-11-5-6-12-20(19)28-14-18-10-7-13-35-18/h2-13,28H,14-16,27H2,1H3. The van der Waals surface area contributed by atoms with Crippen molar-refractivity contribution >= 4 is 23.3 Å². The van der Waals surface area contributed by atoms with Gasteiger partial charge in [-0.15, -0.1) is 0 Å². The number of nitrogens with two attached hydrogens (primary N) is 1. The molecule has 0 amide bonds. The number of nitrogens with zero attached hydrogens (tertiary/aromatic N) is 2. The average Bonchev–Trinajstić information content (AvgIpc) is 3.42. The van der Waals surface area contributed by atoms with Crippen LogP contribution in [0.25, 0.3) is 0 Å². The van der Waals surface area contributed by atoms with Gasteiger partial charge in [-0.3, -0.25) is 18.7 Å². The van der Waals surface area contributed by atoms with Crippen molar-refractivity contribution in [3.05, 3.63) is 116 Å². The first-order valence-corrected chi connectivity index (χ1v) is 11.1. The molecule has 4 rings (SSSR count). The Kier molecular flexibility index (Phi) is 7.15. The maximum atomic E-state index is 12.9. The van der Waals surface area contributed by atoms with E-state index in [-0.39, 0.29) is 17.9 Å². The smallest absolute Gasteiger partial charge is 0.340 e. The van der Waals surface area contributed by atoms with Crippen molar-refractivity contribution in [2.24, 2.45) is 7.05 Å². The second kappa shape index (κ2) is 10.6. The number of nitrogens with one attached hydrogen (secondary N) is 1. The Morgan fingerprint density at radius 3 is 2.44 bits per heavy atom. The molecule has 2 heterocycles. The van der Waals surface area contributed by atoms with Crippen molar-refractivity contribution in [3.63, 3.8) is 0 Å². The molecule has 2 aromatic heterocycles. The Hall–Kier alpha value is -4.86. The van der Waals surface area contributed by atoms with Crippen LogP contribution < -0.4 is 22.3 Å². The highest BCUT2D eigenvalue weighted by molar-refractivity contribution is 6.03. The molecule has 0 atom stereocenters. The number of ether oxygens (including phenoxy) is 1. The molecule has 0 aliphatic heterocycles. The number of ketones is 1. The van der Waals surface area contributed by atoms with Gasteiger partial charge >= 0.3 is 11.7 Å². The van der Waals surface area contributed by atoms with Crippen LogP contribution >= 0.6 is 0 Å². The number of nitrogen functional groups attached to an aromatic ring is 1. The molecular weight excluding hydrogens is 464 g/mol. The van der Waals surface area contributed by atoms with Crippen LogP contribution in [0.15, 0.2) is 87.0 Å². The van der Waals surface area contributed by atoms with Crippen LogP contribution in [0.4, 0.5) is 11.5 Å². The van der Waals surface area contributed by atoms with E-state index in [0.717, 1.165) is 14.7 Å². The zero-order valence-corrected chi connectivity index (χ0v) is 19.5. The zero-order valence-electron chi connectivity index (χ0n) is 19.5. The van der Waals surface area contributed by atoms with Crippen LogP contribution in [0.3, 0.4) is 0 Å². The van der Waals surface area contributed by atoms with E-state index in [1.54, 1.807) is 66.9 Å². The Morgan fingerprint density at radius 2 is 1.72 bits per heavy atom. The van der Waals surface area contributed by atoms with E-state index in [9.17, 15) is 19.2 Å². The van der Waals surface area contributed by atoms with E-state index < -0.39 is 35.2 Å². The number of carbonyl (C=O) groups excluding carboxylic acids is 2. The second-order valence-electron chi connectivity index (χ2n) is 7.96. The lowest BCUT2D eigenvalue weighted by atomic mass is 10.1. The third kappa shape index (κ3) is 5.12. The summed E-state index contributed by atoms with van der Waals surface area (Å²) in [5.74, 6) is -1.19. The van der Waals surface area contributed by atoms with Crippen LogP contribution in [-0.2, 0) is 24.9 Å². The van der Waals surface area contributed by atoms with Gasteiger partial charge < -0.3 is 20.2 Å². The third-order valence-corrected chi connectivity index (χ3v) is 5.56. The number of para-hydroxylation sites is 1. The van der Waals surface area contributed by atoms with Crippen LogP contribution in [0, 0.1) is 0 Å². The molecule has 0 radical (unpaired) electrons. The van der Waals surface area contributed by atoms with Crippen molar-refractivity contribution < 1.29 is 18.7 Å². The molecule has 4 aromatic rings. The second-order valence-corrected chi connectivity index (χ2v) is 7.96. The fourth-order valence-corrected chi connectivity index (χ4v) is 3.66. The van der Waals surface area contributed by atoms with Crippen LogP contribution in [0.1, 0.15) is 32.0 Å². The van der Waals surface area contributed by atoms with Gasteiger partial charge in [-0.25, -0.2) is 9.59 Å². The maximum Gasteiger partial charge on any atom is 0.340 e. The number of anilines is 2. The number of rotatable bonds is 9. The van der Waals surface area contributed by atoms with Gasteiger partial charge in [-0.1, -0.05) is 42.5 Å². The molecule has 10 nitrogen and oxygen atoms in total. The minimum atomic E-state index is -0.858. The Balaban J connectivity index is 1.53. The number of furan rings is 1. The third-order valence-electron chi connectivity index (χ3n) is 5.56. The lowest BCUT2D eigenvalue weighted by Gasteiger charge is -2.15. The first-order valence-electron chi connectivity index (χ1n) is 11.1. The summed E-state index contributed by atoms with van der Waals surface area (Å²) < 4.78 is 12.4. The summed E-state index contributed by atoms with van der Waals surface area (Å²) in [5, 5.41) is 3.09. The normalized spacial score (nSPS) is 10.7. The first-order chi connectivity index (χ1) is 17.4. The molecule has 0 aliphatic carbocycles. The van der Waals surface area contributed by atoms with Gasteiger partial charge in [0, 0.05) is 12.7 Å². The van der Waals surface area contributed by atoms with Crippen molar-refractivity contribution in [1.29, 1.82) is 0 Å². The summed E-state index contributed by atoms with van der Waals surface area (Å²) in [6, 6.07) is 19.2. The van der Waals surface area contributed by atoms with E-state index in [4.69, 9.17) is 14.9 Å². The van der Waals surface area contributed by atoms with Gasteiger partial charge in [0.1, 0.15) is 17.1 Å².